The average Bonchev–Trinajstić information content (AvgIpc) is 3.79. The van der Waals surface area contributed by atoms with Gasteiger partial charge >= 0.3 is 35.8 Å². The average molecular weight is 971 g/mol. The molecule has 2 aliphatic heterocycles. The fraction of sp³-hybridized carbons (Fsp3) is 0.193. The normalized spacial score (nSPS) is 22.9. The summed E-state index contributed by atoms with van der Waals surface area (Å²) in [6.45, 7) is -0.898. The van der Waals surface area contributed by atoms with Crippen LogP contribution < -0.4 is 0 Å². The van der Waals surface area contributed by atoms with Gasteiger partial charge in [0.15, 0.2) is 18.3 Å². The van der Waals surface area contributed by atoms with Gasteiger partial charge in [-0.15, -0.1) is 0 Å². The summed E-state index contributed by atoms with van der Waals surface area (Å²) in [5, 5.41) is 0. The SMILES string of the molecule is O=C(OCC1=C[C@@H](OC(=O)c2ccccc2)[C@@H]2C=CO[C@H](O[C@@H]3O[C@@H](COC(=O)c4ccccc4)[C@H](OC(=O)c4ccccc4)[C@H](OC(=O)c4ccccc4)[C@@H]3OC(=O)c3ccccc3)[C@H]12)c1ccccc1. The van der Waals surface area contributed by atoms with Crippen molar-refractivity contribution in [2.45, 2.75) is 43.1 Å². The van der Waals surface area contributed by atoms with Crippen LogP contribution in [0.2, 0.25) is 0 Å². The van der Waals surface area contributed by atoms with E-state index in [1.807, 2.05) is 0 Å². The van der Waals surface area contributed by atoms with E-state index >= 15 is 0 Å². The highest BCUT2D eigenvalue weighted by Crippen LogP contribution is 2.43. The molecule has 0 aromatic heterocycles. The molecule has 72 heavy (non-hydrogen) atoms. The maximum atomic E-state index is 14.2. The molecule has 0 N–H and O–H groups in total. The molecule has 9 rings (SSSR count). The summed E-state index contributed by atoms with van der Waals surface area (Å²) in [6, 6.07) is 48.8. The van der Waals surface area contributed by atoms with Gasteiger partial charge in [0.25, 0.3) is 0 Å². The number of esters is 6. The predicted molar refractivity (Wildman–Crippen MR) is 255 cm³/mol. The van der Waals surface area contributed by atoms with E-state index in [0.717, 1.165) is 0 Å². The number of rotatable bonds is 16. The van der Waals surface area contributed by atoms with Gasteiger partial charge in [0.2, 0.25) is 12.6 Å². The molecule has 0 amide bonds. The Kier molecular flexibility index (Phi) is 15.3. The maximum absolute atomic E-state index is 14.2. The van der Waals surface area contributed by atoms with E-state index in [0.29, 0.717) is 16.7 Å². The molecule has 15 heteroatoms. The molecule has 0 radical (unpaired) electrons. The number of carbonyl (C=O) groups excluding carboxylic acids is 6. The molecule has 1 aliphatic carbocycles. The molecule has 1 fully saturated rings. The molecule has 1 saturated heterocycles. The number of hydrogen-bond donors (Lipinski definition) is 0. The third-order valence-electron chi connectivity index (χ3n) is 12.0. The minimum absolute atomic E-state index is 0.0975. The highest BCUT2D eigenvalue weighted by atomic mass is 16.8. The second kappa shape index (κ2) is 22.8. The maximum Gasteiger partial charge on any atom is 0.338 e. The van der Waals surface area contributed by atoms with Gasteiger partial charge in [-0.2, -0.15) is 0 Å². The van der Waals surface area contributed by atoms with Crippen molar-refractivity contribution in [2.24, 2.45) is 11.8 Å². The molecule has 3 aliphatic rings. The number of benzene rings is 6. The summed E-state index contributed by atoms with van der Waals surface area (Å²) >= 11 is 0. The second-order valence-corrected chi connectivity index (χ2v) is 16.7. The van der Waals surface area contributed by atoms with Crippen LogP contribution in [0.1, 0.15) is 62.1 Å². The van der Waals surface area contributed by atoms with Gasteiger partial charge in [-0.1, -0.05) is 109 Å². The van der Waals surface area contributed by atoms with Crippen LogP contribution >= 0.6 is 0 Å². The van der Waals surface area contributed by atoms with Crippen LogP contribution in [0.5, 0.6) is 0 Å². The smallest absolute Gasteiger partial charge is 0.338 e. The van der Waals surface area contributed by atoms with Crippen molar-refractivity contribution >= 4 is 35.8 Å². The summed E-state index contributed by atoms with van der Waals surface area (Å²) in [6.07, 6.45) is -5.95. The summed E-state index contributed by atoms with van der Waals surface area (Å²) in [5.41, 5.74) is 1.54. The summed E-state index contributed by atoms with van der Waals surface area (Å²) in [4.78, 5) is 82.9. The van der Waals surface area contributed by atoms with Gasteiger partial charge < -0.3 is 42.6 Å². The number of hydrogen-bond acceptors (Lipinski definition) is 15. The lowest BCUT2D eigenvalue weighted by atomic mass is 9.88. The van der Waals surface area contributed by atoms with Crippen LogP contribution in [0.3, 0.4) is 0 Å². The highest BCUT2D eigenvalue weighted by molar-refractivity contribution is 5.92. The van der Waals surface area contributed by atoms with Crippen LogP contribution in [-0.2, 0) is 42.6 Å². The Hall–Kier alpha value is -8.66. The van der Waals surface area contributed by atoms with Crippen molar-refractivity contribution < 1.29 is 71.4 Å². The first-order valence-corrected chi connectivity index (χ1v) is 23.0. The van der Waals surface area contributed by atoms with Gasteiger partial charge in [-0.05, 0) is 90.5 Å². The van der Waals surface area contributed by atoms with E-state index in [1.54, 1.807) is 158 Å². The largest absolute Gasteiger partial charge is 0.472 e. The van der Waals surface area contributed by atoms with E-state index in [2.05, 4.69) is 0 Å². The molecule has 6 aromatic rings. The molecule has 0 unspecified atom stereocenters. The van der Waals surface area contributed by atoms with E-state index in [1.165, 1.54) is 42.7 Å². The van der Waals surface area contributed by atoms with Crippen LogP contribution in [0.25, 0.3) is 0 Å². The minimum atomic E-state index is -1.76. The van der Waals surface area contributed by atoms with Gasteiger partial charge in [0.1, 0.15) is 25.4 Å². The third kappa shape index (κ3) is 11.5. The Labute approximate surface area is 413 Å². The van der Waals surface area contributed by atoms with Gasteiger partial charge in [0, 0.05) is 5.92 Å². The second-order valence-electron chi connectivity index (χ2n) is 16.7. The van der Waals surface area contributed by atoms with Crippen molar-refractivity contribution in [3.05, 3.63) is 239 Å². The van der Waals surface area contributed by atoms with Crippen molar-refractivity contribution in [1.29, 1.82) is 0 Å². The van der Waals surface area contributed by atoms with Gasteiger partial charge in [0.05, 0.1) is 45.6 Å². The Bertz CT molecular complexity index is 2900. The van der Waals surface area contributed by atoms with E-state index in [4.69, 9.17) is 42.6 Å². The number of ether oxygens (including phenoxy) is 9. The van der Waals surface area contributed by atoms with E-state index in [-0.39, 0.29) is 28.9 Å². The van der Waals surface area contributed by atoms with Crippen molar-refractivity contribution in [3.8, 4) is 0 Å². The lowest BCUT2D eigenvalue weighted by Gasteiger charge is -2.46. The van der Waals surface area contributed by atoms with Crippen molar-refractivity contribution in [1.82, 2.24) is 0 Å². The molecule has 364 valence electrons. The Morgan fingerprint density at radius 2 is 0.806 bits per heavy atom. The first kappa shape index (κ1) is 48.4. The van der Waals surface area contributed by atoms with Crippen LogP contribution in [0.4, 0.5) is 0 Å². The van der Waals surface area contributed by atoms with Crippen molar-refractivity contribution in [3.63, 3.8) is 0 Å². The zero-order valence-electron chi connectivity index (χ0n) is 38.3. The molecule has 0 bridgehead atoms. The monoisotopic (exact) mass is 970 g/mol. The first-order valence-electron chi connectivity index (χ1n) is 23.0. The third-order valence-corrected chi connectivity index (χ3v) is 12.0. The molecular formula is C57H46O15. The summed E-state index contributed by atoms with van der Waals surface area (Å²) in [7, 11) is 0. The number of fused-ring (bicyclic) bond motifs is 1. The molecule has 2 heterocycles. The van der Waals surface area contributed by atoms with Gasteiger partial charge in [-0.3, -0.25) is 0 Å². The minimum Gasteiger partial charge on any atom is -0.472 e. The number of carbonyl (C=O) groups is 6. The molecule has 0 spiro atoms. The van der Waals surface area contributed by atoms with Crippen molar-refractivity contribution in [2.75, 3.05) is 13.2 Å². The highest BCUT2D eigenvalue weighted by Gasteiger charge is 2.56. The van der Waals surface area contributed by atoms with E-state index < -0.39 is 97.4 Å². The quantitative estimate of drug-likeness (QED) is 0.0511. The molecule has 9 atom stereocenters. The van der Waals surface area contributed by atoms with Crippen LogP contribution in [0, 0.1) is 11.8 Å². The Morgan fingerprint density at radius 3 is 1.26 bits per heavy atom. The zero-order valence-corrected chi connectivity index (χ0v) is 38.3. The Balaban J connectivity index is 1.10. The summed E-state index contributed by atoms with van der Waals surface area (Å²) in [5.74, 6) is -6.22. The molecule has 6 aromatic carbocycles. The first-order chi connectivity index (χ1) is 35.2. The zero-order chi connectivity index (χ0) is 49.8. The van der Waals surface area contributed by atoms with Gasteiger partial charge in [-0.25, -0.2) is 28.8 Å². The fourth-order valence-corrected chi connectivity index (χ4v) is 8.48. The topological polar surface area (TPSA) is 185 Å². The predicted octanol–water partition coefficient (Wildman–Crippen LogP) is 8.39. The van der Waals surface area contributed by atoms with E-state index in [9.17, 15) is 28.8 Å². The molecule has 15 nitrogen and oxygen atoms in total. The lowest BCUT2D eigenvalue weighted by molar-refractivity contribution is -0.337. The Morgan fingerprint density at radius 1 is 0.417 bits per heavy atom. The standard InChI is InChI=1S/C57H46O15/c58-50(36-19-7-1-8-20-36)65-34-42-33-44(67-52(60)38-23-11-3-12-24-38)43-31-32-64-56(46(42)43)72-57-49(71-55(63)41-29-17-6-18-30-41)48(70-54(62)40-27-15-5-16-28-40)47(69-53(61)39-25-13-4-14-26-39)45(68-57)35-66-51(59)37-21-9-2-10-22-37/h1-33,43-49,56-57H,34-35H2/t43-,44+,45-,46+,47-,48-,49-,56+,57-/m0/s1. The molecule has 0 saturated carbocycles. The molecular weight excluding hydrogens is 925 g/mol. The van der Waals surface area contributed by atoms with Crippen LogP contribution in [0.15, 0.2) is 206 Å². The fourth-order valence-electron chi connectivity index (χ4n) is 8.48. The lowest BCUT2D eigenvalue weighted by Crippen LogP contribution is -2.64. The van der Waals surface area contributed by atoms with Crippen LogP contribution in [-0.4, -0.2) is 92.1 Å². The summed E-state index contributed by atoms with van der Waals surface area (Å²) < 4.78 is 56.0.